The van der Waals surface area contributed by atoms with Crippen molar-refractivity contribution in [3.8, 4) is 0 Å². The largest absolute Gasteiger partial charge is 0.379 e. The summed E-state index contributed by atoms with van der Waals surface area (Å²) in [5, 5.41) is 3.62. The van der Waals surface area contributed by atoms with Gasteiger partial charge in [-0.15, -0.1) is 0 Å². The van der Waals surface area contributed by atoms with Gasteiger partial charge in [0.2, 0.25) is 0 Å². The molecule has 0 aliphatic heterocycles. The van der Waals surface area contributed by atoms with Crippen molar-refractivity contribution in [3.05, 3.63) is 35.4 Å². The van der Waals surface area contributed by atoms with E-state index < -0.39 is 0 Å². The lowest BCUT2D eigenvalue weighted by atomic mass is 9.97. The van der Waals surface area contributed by atoms with Crippen LogP contribution in [0.2, 0.25) is 0 Å². The van der Waals surface area contributed by atoms with Crippen molar-refractivity contribution < 1.29 is 9.47 Å². The number of ether oxygens (including phenoxy) is 2. The molecule has 0 saturated carbocycles. The lowest BCUT2D eigenvalue weighted by molar-refractivity contribution is -0.0149. The highest BCUT2D eigenvalue weighted by Crippen LogP contribution is 2.30. The third kappa shape index (κ3) is 4.80. The molecule has 3 nitrogen and oxygen atoms in total. The first-order valence-corrected chi connectivity index (χ1v) is 8.37. The number of benzene rings is 1. The number of hydrogen-bond donors (Lipinski definition) is 1. The monoisotopic (exact) mass is 291 g/mol. The zero-order valence-electron chi connectivity index (χ0n) is 13.4. The van der Waals surface area contributed by atoms with Crippen molar-refractivity contribution in [3.63, 3.8) is 0 Å². The van der Waals surface area contributed by atoms with Crippen LogP contribution in [0.3, 0.4) is 0 Å². The van der Waals surface area contributed by atoms with Crippen LogP contribution in [0.15, 0.2) is 24.3 Å². The number of fused-ring (bicyclic) bond motifs is 1. The quantitative estimate of drug-likeness (QED) is 0.587. The van der Waals surface area contributed by atoms with E-state index in [1.807, 2.05) is 0 Å². The maximum atomic E-state index is 6.14. The van der Waals surface area contributed by atoms with Crippen LogP contribution in [0, 0.1) is 0 Å². The molecule has 3 heteroatoms. The molecule has 0 spiro atoms. The average Bonchev–Trinajstić information content (AvgIpc) is 2.68. The summed E-state index contributed by atoms with van der Waals surface area (Å²) in [6.07, 6.45) is 4.78. The van der Waals surface area contributed by atoms with Gasteiger partial charge in [0.1, 0.15) is 0 Å². The Morgan fingerprint density at radius 1 is 1.14 bits per heavy atom. The topological polar surface area (TPSA) is 30.5 Å². The number of nitrogens with one attached hydrogen (secondary N) is 1. The van der Waals surface area contributed by atoms with Crippen LogP contribution < -0.4 is 5.32 Å². The summed E-state index contributed by atoms with van der Waals surface area (Å²) in [6, 6.07) is 9.09. The Morgan fingerprint density at radius 3 is 2.81 bits per heavy atom. The van der Waals surface area contributed by atoms with Crippen molar-refractivity contribution >= 4 is 0 Å². The van der Waals surface area contributed by atoms with Gasteiger partial charge in [-0.3, -0.25) is 0 Å². The Balaban J connectivity index is 1.98. The Morgan fingerprint density at radius 2 is 2.00 bits per heavy atom. The molecule has 2 atom stereocenters. The standard InChI is InChI=1S/C18H29NO2/c1-3-12-20-13-14-21-17-11-7-9-15-8-5-6-10-16(15)18(17)19-4-2/h5-6,8,10,17-19H,3-4,7,9,11-14H2,1-2H3. The SMILES string of the molecule is CCCOCCOC1CCCc2ccccc2C1NCC. The second-order valence-corrected chi connectivity index (χ2v) is 5.65. The molecule has 2 rings (SSSR count). The van der Waals surface area contributed by atoms with Gasteiger partial charge in [-0.2, -0.15) is 0 Å². The predicted octanol–water partition coefficient (Wildman–Crippen LogP) is 3.49. The summed E-state index contributed by atoms with van der Waals surface area (Å²) in [7, 11) is 0. The summed E-state index contributed by atoms with van der Waals surface area (Å²) in [5.41, 5.74) is 2.88. The van der Waals surface area contributed by atoms with E-state index in [2.05, 4.69) is 43.4 Å². The highest BCUT2D eigenvalue weighted by atomic mass is 16.5. The fraction of sp³-hybridized carbons (Fsp3) is 0.667. The molecule has 1 aromatic carbocycles. The van der Waals surface area contributed by atoms with Crippen LogP contribution in [0.1, 0.15) is 50.3 Å². The zero-order chi connectivity index (χ0) is 14.9. The van der Waals surface area contributed by atoms with Gasteiger partial charge in [0.15, 0.2) is 0 Å². The normalized spacial score (nSPS) is 21.8. The third-order valence-electron chi connectivity index (χ3n) is 4.03. The molecule has 118 valence electrons. The van der Waals surface area contributed by atoms with Gasteiger partial charge in [0, 0.05) is 6.61 Å². The molecule has 0 amide bonds. The Labute approximate surface area is 129 Å². The minimum atomic E-state index is 0.249. The lowest BCUT2D eigenvalue weighted by Gasteiger charge is -2.27. The average molecular weight is 291 g/mol. The van der Waals surface area contributed by atoms with Gasteiger partial charge in [-0.1, -0.05) is 38.1 Å². The van der Waals surface area contributed by atoms with Gasteiger partial charge in [0.05, 0.1) is 25.4 Å². The molecule has 0 fully saturated rings. The Kier molecular flexibility index (Phi) is 7.20. The molecule has 0 saturated heterocycles. The van der Waals surface area contributed by atoms with E-state index >= 15 is 0 Å². The number of rotatable bonds is 8. The van der Waals surface area contributed by atoms with Crippen LogP contribution in [-0.4, -0.2) is 32.5 Å². The molecule has 0 radical (unpaired) electrons. The number of likely N-dealkylation sites (N-methyl/N-ethyl adjacent to an activating group) is 1. The fourth-order valence-electron chi connectivity index (χ4n) is 3.07. The van der Waals surface area contributed by atoms with Crippen molar-refractivity contribution in [1.29, 1.82) is 0 Å². The van der Waals surface area contributed by atoms with E-state index in [-0.39, 0.29) is 6.10 Å². The molecular weight excluding hydrogens is 262 g/mol. The van der Waals surface area contributed by atoms with Crippen molar-refractivity contribution in [2.24, 2.45) is 0 Å². The van der Waals surface area contributed by atoms with Gasteiger partial charge in [-0.25, -0.2) is 0 Å². The maximum absolute atomic E-state index is 6.14. The van der Waals surface area contributed by atoms with E-state index in [9.17, 15) is 0 Å². The first-order valence-electron chi connectivity index (χ1n) is 8.37. The van der Waals surface area contributed by atoms with Gasteiger partial charge < -0.3 is 14.8 Å². The van der Waals surface area contributed by atoms with Crippen LogP contribution in [0.25, 0.3) is 0 Å². The molecular formula is C18H29NO2. The minimum absolute atomic E-state index is 0.249. The Hall–Kier alpha value is -0.900. The van der Waals surface area contributed by atoms with Crippen molar-refractivity contribution in [1.82, 2.24) is 5.32 Å². The highest BCUT2D eigenvalue weighted by Gasteiger charge is 2.27. The molecule has 0 aromatic heterocycles. The Bertz CT molecular complexity index is 408. The van der Waals surface area contributed by atoms with E-state index in [1.165, 1.54) is 17.5 Å². The van der Waals surface area contributed by atoms with Crippen LogP contribution in [0.4, 0.5) is 0 Å². The van der Waals surface area contributed by atoms with Crippen molar-refractivity contribution in [2.45, 2.75) is 51.7 Å². The maximum Gasteiger partial charge on any atom is 0.0771 e. The molecule has 0 bridgehead atoms. The highest BCUT2D eigenvalue weighted by molar-refractivity contribution is 5.32. The fourth-order valence-corrected chi connectivity index (χ4v) is 3.07. The van der Waals surface area contributed by atoms with Crippen LogP contribution >= 0.6 is 0 Å². The van der Waals surface area contributed by atoms with E-state index in [4.69, 9.17) is 9.47 Å². The van der Waals surface area contributed by atoms with E-state index in [1.54, 1.807) is 0 Å². The van der Waals surface area contributed by atoms with Gasteiger partial charge in [-0.05, 0) is 43.4 Å². The summed E-state index contributed by atoms with van der Waals surface area (Å²) in [4.78, 5) is 0. The zero-order valence-corrected chi connectivity index (χ0v) is 13.4. The van der Waals surface area contributed by atoms with Crippen LogP contribution in [0.5, 0.6) is 0 Å². The molecule has 1 N–H and O–H groups in total. The second kappa shape index (κ2) is 9.19. The lowest BCUT2D eigenvalue weighted by Crippen LogP contribution is -2.34. The molecule has 1 aliphatic carbocycles. The van der Waals surface area contributed by atoms with Gasteiger partial charge >= 0.3 is 0 Å². The summed E-state index contributed by atoms with van der Waals surface area (Å²) in [6.45, 7) is 7.47. The van der Waals surface area contributed by atoms with Gasteiger partial charge in [0.25, 0.3) is 0 Å². The summed E-state index contributed by atoms with van der Waals surface area (Å²) in [5.74, 6) is 0. The number of hydrogen-bond acceptors (Lipinski definition) is 3. The molecule has 0 heterocycles. The minimum Gasteiger partial charge on any atom is -0.379 e. The molecule has 1 aliphatic rings. The molecule has 1 aromatic rings. The smallest absolute Gasteiger partial charge is 0.0771 e. The third-order valence-corrected chi connectivity index (χ3v) is 4.03. The second-order valence-electron chi connectivity index (χ2n) is 5.65. The van der Waals surface area contributed by atoms with Crippen LogP contribution in [-0.2, 0) is 15.9 Å². The molecule has 2 unspecified atom stereocenters. The number of aryl methyl sites for hydroxylation is 1. The predicted molar refractivity (Wildman–Crippen MR) is 86.6 cm³/mol. The van der Waals surface area contributed by atoms with E-state index in [0.717, 1.165) is 32.4 Å². The first kappa shape index (κ1) is 16.5. The summed E-state index contributed by atoms with van der Waals surface area (Å²) < 4.78 is 11.7. The summed E-state index contributed by atoms with van der Waals surface area (Å²) >= 11 is 0. The van der Waals surface area contributed by atoms with Crippen molar-refractivity contribution in [2.75, 3.05) is 26.4 Å². The molecule has 21 heavy (non-hydrogen) atoms. The van der Waals surface area contributed by atoms with E-state index in [0.29, 0.717) is 19.3 Å². The first-order chi connectivity index (χ1) is 10.4.